The number of benzene rings is 2. The minimum Gasteiger partial charge on any atom is -0.491 e. The molecule has 0 aromatic heterocycles. The van der Waals surface area contributed by atoms with E-state index in [0.29, 0.717) is 31.0 Å². The van der Waals surface area contributed by atoms with Gasteiger partial charge in [0, 0.05) is 31.6 Å². The van der Waals surface area contributed by atoms with Crippen LogP contribution in [0.3, 0.4) is 0 Å². The van der Waals surface area contributed by atoms with Crippen molar-refractivity contribution in [3.63, 3.8) is 0 Å². The summed E-state index contributed by atoms with van der Waals surface area (Å²) < 4.78 is 5.85. The van der Waals surface area contributed by atoms with Crippen molar-refractivity contribution in [3.8, 4) is 5.75 Å². The zero-order chi connectivity index (χ0) is 18.5. The zero-order valence-electron chi connectivity index (χ0n) is 15.5. The van der Waals surface area contributed by atoms with Crippen LogP contribution in [0.1, 0.15) is 21.8 Å². The van der Waals surface area contributed by atoms with Crippen molar-refractivity contribution in [2.45, 2.75) is 12.0 Å². The molecule has 0 unspecified atom stereocenters. The second-order valence-electron chi connectivity index (χ2n) is 7.04. The maximum atomic E-state index is 13.1. The molecule has 0 aliphatic carbocycles. The first-order valence-corrected chi connectivity index (χ1v) is 9.02. The quantitative estimate of drug-likeness (QED) is 0.865. The van der Waals surface area contributed by atoms with Crippen molar-refractivity contribution >= 4 is 5.91 Å². The molecule has 1 aliphatic rings. The van der Waals surface area contributed by atoms with E-state index in [1.165, 1.54) is 5.56 Å². The van der Waals surface area contributed by atoms with Gasteiger partial charge in [-0.05, 0) is 31.8 Å². The number of carbonyl (C=O) groups excluding carboxylic acids is 1. The van der Waals surface area contributed by atoms with E-state index in [1.54, 1.807) is 0 Å². The highest BCUT2D eigenvalue weighted by molar-refractivity contribution is 5.97. The Labute approximate surface area is 155 Å². The first-order chi connectivity index (χ1) is 12.6. The van der Waals surface area contributed by atoms with E-state index < -0.39 is 0 Å². The van der Waals surface area contributed by atoms with Crippen molar-refractivity contribution in [2.75, 3.05) is 40.3 Å². The van der Waals surface area contributed by atoms with Gasteiger partial charge in [0.15, 0.2) is 0 Å². The predicted octanol–water partition coefficient (Wildman–Crippen LogP) is 2.19. The number of hydrogen-bond donors (Lipinski definition) is 1. The molecule has 1 saturated heterocycles. The summed E-state index contributed by atoms with van der Waals surface area (Å²) in [5.74, 6) is 0.789. The van der Waals surface area contributed by atoms with E-state index >= 15 is 0 Å². The van der Waals surface area contributed by atoms with Gasteiger partial charge < -0.3 is 20.3 Å². The highest BCUT2D eigenvalue weighted by atomic mass is 16.5. The molecule has 2 N–H and O–H groups in total. The molecule has 1 aliphatic heterocycles. The molecule has 1 fully saturated rings. The summed E-state index contributed by atoms with van der Waals surface area (Å²) in [7, 11) is 3.99. The van der Waals surface area contributed by atoms with Crippen LogP contribution in [-0.4, -0.2) is 62.1 Å². The van der Waals surface area contributed by atoms with E-state index in [0.717, 1.165) is 6.54 Å². The smallest absolute Gasteiger partial charge is 0.257 e. The number of hydrogen-bond acceptors (Lipinski definition) is 4. The molecule has 0 spiro atoms. The minimum atomic E-state index is -0.0526. The van der Waals surface area contributed by atoms with Crippen molar-refractivity contribution in [1.29, 1.82) is 0 Å². The summed E-state index contributed by atoms with van der Waals surface area (Å²) in [4.78, 5) is 17.0. The molecule has 26 heavy (non-hydrogen) atoms. The third-order valence-corrected chi connectivity index (χ3v) is 4.79. The Bertz CT molecular complexity index is 733. The normalized spacial score (nSPS) is 19.8. The third kappa shape index (κ3) is 4.23. The van der Waals surface area contributed by atoms with Crippen LogP contribution in [-0.2, 0) is 0 Å². The number of amides is 1. The summed E-state index contributed by atoms with van der Waals surface area (Å²) in [6.45, 7) is 2.54. The Morgan fingerprint density at radius 1 is 1.12 bits per heavy atom. The second-order valence-corrected chi connectivity index (χ2v) is 7.04. The predicted molar refractivity (Wildman–Crippen MR) is 104 cm³/mol. The highest BCUT2D eigenvalue weighted by Gasteiger charge is 2.34. The number of carbonyl (C=O) groups is 1. The molecular weight excluding hydrogens is 326 g/mol. The van der Waals surface area contributed by atoms with Crippen molar-refractivity contribution < 1.29 is 9.53 Å². The topological polar surface area (TPSA) is 58.8 Å². The lowest BCUT2D eigenvalue weighted by Gasteiger charge is -2.19. The van der Waals surface area contributed by atoms with Crippen molar-refractivity contribution in [2.24, 2.45) is 5.73 Å². The Morgan fingerprint density at radius 3 is 2.54 bits per heavy atom. The molecule has 2 atom stereocenters. The molecule has 5 nitrogen and oxygen atoms in total. The van der Waals surface area contributed by atoms with Gasteiger partial charge in [-0.2, -0.15) is 0 Å². The number of para-hydroxylation sites is 1. The van der Waals surface area contributed by atoms with Crippen LogP contribution >= 0.6 is 0 Å². The zero-order valence-corrected chi connectivity index (χ0v) is 15.5. The fraction of sp³-hybridized carbons (Fsp3) is 0.381. The number of likely N-dealkylation sites (tertiary alicyclic amines) is 1. The Balaban J connectivity index is 1.72. The SMILES string of the molecule is CN(C)CCOc1ccccc1C(=O)N1C[C@@H](N)[C@H](c2ccccc2)C1. The van der Waals surface area contributed by atoms with Gasteiger partial charge in [0.25, 0.3) is 5.91 Å². The molecule has 1 heterocycles. The molecule has 2 aromatic carbocycles. The molecule has 3 rings (SSSR count). The van der Waals surface area contributed by atoms with Crippen LogP contribution in [0.2, 0.25) is 0 Å². The maximum Gasteiger partial charge on any atom is 0.257 e. The fourth-order valence-corrected chi connectivity index (χ4v) is 3.33. The van der Waals surface area contributed by atoms with E-state index in [4.69, 9.17) is 10.5 Å². The van der Waals surface area contributed by atoms with E-state index in [2.05, 4.69) is 12.1 Å². The lowest BCUT2D eigenvalue weighted by molar-refractivity contribution is 0.0784. The largest absolute Gasteiger partial charge is 0.491 e. The minimum absolute atomic E-state index is 0.0145. The molecule has 0 radical (unpaired) electrons. The molecule has 1 amide bonds. The number of likely N-dealkylation sites (N-methyl/N-ethyl adjacent to an activating group) is 1. The van der Waals surface area contributed by atoms with Gasteiger partial charge in [0.2, 0.25) is 0 Å². The Morgan fingerprint density at radius 2 is 1.81 bits per heavy atom. The van der Waals surface area contributed by atoms with Gasteiger partial charge >= 0.3 is 0 Å². The van der Waals surface area contributed by atoms with Gasteiger partial charge in [-0.15, -0.1) is 0 Å². The van der Waals surface area contributed by atoms with E-state index in [9.17, 15) is 4.79 Å². The van der Waals surface area contributed by atoms with Crippen LogP contribution in [0.25, 0.3) is 0 Å². The molecule has 2 aromatic rings. The summed E-state index contributed by atoms with van der Waals surface area (Å²) in [5, 5.41) is 0. The van der Waals surface area contributed by atoms with Crippen LogP contribution in [0, 0.1) is 0 Å². The standard InChI is InChI=1S/C21H27N3O2/c1-23(2)12-13-26-20-11-7-6-10-17(20)21(25)24-14-18(19(22)15-24)16-8-4-3-5-9-16/h3-11,18-19H,12-15,22H2,1-2H3/t18-,19+/m0/s1. The van der Waals surface area contributed by atoms with Gasteiger partial charge in [0.1, 0.15) is 12.4 Å². The van der Waals surface area contributed by atoms with Crippen molar-refractivity contribution in [1.82, 2.24) is 9.80 Å². The molecule has 0 bridgehead atoms. The highest BCUT2D eigenvalue weighted by Crippen LogP contribution is 2.29. The van der Waals surface area contributed by atoms with Gasteiger partial charge in [-0.1, -0.05) is 42.5 Å². The number of nitrogens with zero attached hydrogens (tertiary/aromatic N) is 2. The first kappa shape index (κ1) is 18.4. The van der Waals surface area contributed by atoms with Crippen molar-refractivity contribution in [3.05, 3.63) is 65.7 Å². The Kier molecular flexibility index (Phi) is 5.91. The van der Waals surface area contributed by atoms with Gasteiger partial charge in [0.05, 0.1) is 5.56 Å². The van der Waals surface area contributed by atoms with Crippen LogP contribution in [0.5, 0.6) is 5.75 Å². The second kappa shape index (κ2) is 8.34. The van der Waals surface area contributed by atoms with Gasteiger partial charge in [-0.25, -0.2) is 0 Å². The summed E-state index contributed by atoms with van der Waals surface area (Å²) in [6.07, 6.45) is 0. The van der Waals surface area contributed by atoms with Crippen LogP contribution in [0.15, 0.2) is 54.6 Å². The van der Waals surface area contributed by atoms with E-state index in [1.807, 2.05) is 66.4 Å². The Hall–Kier alpha value is -2.37. The lowest BCUT2D eigenvalue weighted by atomic mass is 9.95. The average molecular weight is 353 g/mol. The number of rotatable bonds is 6. The third-order valence-electron chi connectivity index (χ3n) is 4.79. The molecular formula is C21H27N3O2. The molecule has 138 valence electrons. The lowest BCUT2D eigenvalue weighted by Crippen LogP contribution is -2.32. The first-order valence-electron chi connectivity index (χ1n) is 9.02. The average Bonchev–Trinajstić information content (AvgIpc) is 3.04. The molecule has 0 saturated carbocycles. The van der Waals surface area contributed by atoms with Gasteiger partial charge in [-0.3, -0.25) is 4.79 Å². The molecule has 5 heteroatoms. The number of nitrogens with two attached hydrogens (primary N) is 1. The maximum absolute atomic E-state index is 13.1. The van der Waals surface area contributed by atoms with Crippen LogP contribution in [0.4, 0.5) is 0 Å². The summed E-state index contributed by atoms with van der Waals surface area (Å²) in [5.41, 5.74) is 8.13. The van der Waals surface area contributed by atoms with Crippen LogP contribution < -0.4 is 10.5 Å². The fourth-order valence-electron chi connectivity index (χ4n) is 3.33. The summed E-state index contributed by atoms with van der Waals surface area (Å²) in [6, 6.07) is 17.6. The monoisotopic (exact) mass is 353 g/mol. The number of ether oxygens (including phenoxy) is 1. The van der Waals surface area contributed by atoms with E-state index in [-0.39, 0.29) is 17.9 Å². The summed E-state index contributed by atoms with van der Waals surface area (Å²) >= 11 is 0.